The van der Waals surface area contributed by atoms with Gasteiger partial charge in [-0.05, 0) is 24.3 Å². The lowest BCUT2D eigenvalue weighted by atomic mass is 10.3. The zero-order valence-electron chi connectivity index (χ0n) is 10.8. The molecule has 0 aromatic heterocycles. The van der Waals surface area contributed by atoms with Gasteiger partial charge in [-0.2, -0.15) is 4.62 Å². The highest BCUT2D eigenvalue weighted by molar-refractivity contribution is 7.47. The van der Waals surface area contributed by atoms with Crippen molar-refractivity contribution >= 4 is 19.2 Å². The Balaban J connectivity index is 2.02. The van der Waals surface area contributed by atoms with Crippen LogP contribution in [0.4, 0.5) is 11.4 Å². The highest BCUT2D eigenvalue weighted by Crippen LogP contribution is 2.45. The number of phosphoric ester groups is 1. The molecule has 2 aromatic carbocycles. The molecule has 7 heteroatoms. The van der Waals surface area contributed by atoms with Crippen LogP contribution in [0.25, 0.3) is 0 Å². The van der Waals surface area contributed by atoms with Gasteiger partial charge in [0.15, 0.2) is 5.75 Å². The second kappa shape index (κ2) is 6.43. The van der Waals surface area contributed by atoms with E-state index in [1.54, 1.807) is 55.6 Å². The van der Waals surface area contributed by atoms with Gasteiger partial charge < -0.3 is 9.84 Å². The number of rotatable bonds is 6. The Labute approximate surface area is 116 Å². The summed E-state index contributed by atoms with van der Waals surface area (Å²) in [4.78, 5) is 9.67. The maximum absolute atomic E-state index is 11.8. The third-order valence-corrected chi connectivity index (χ3v) is 3.17. The molecule has 106 valence electrons. The minimum atomic E-state index is -4.27. The van der Waals surface area contributed by atoms with Crippen molar-refractivity contribution in [1.29, 1.82) is 0 Å². The van der Waals surface area contributed by atoms with E-state index in [2.05, 4.69) is 10.8 Å². The maximum atomic E-state index is 11.8. The molecule has 0 aliphatic rings. The molecule has 0 radical (unpaired) electrons. The minimum absolute atomic E-state index is 0.232. The molecule has 0 bridgehead atoms. The lowest BCUT2D eigenvalue weighted by Crippen LogP contribution is -2.04. The predicted octanol–water partition coefficient (Wildman–Crippen LogP) is 3.25. The van der Waals surface area contributed by atoms with Crippen LogP contribution >= 0.6 is 7.82 Å². The topological polar surface area (TPSA) is 79.8 Å². The Kier molecular flexibility index (Phi) is 4.63. The van der Waals surface area contributed by atoms with Gasteiger partial charge in [-0.1, -0.05) is 30.3 Å². The normalized spacial score (nSPS) is 13.3. The number of anilines is 2. The summed E-state index contributed by atoms with van der Waals surface area (Å²) in [5, 5.41) is 2.86. The summed E-state index contributed by atoms with van der Waals surface area (Å²) in [5.41, 5.74) is 3.52. The van der Waals surface area contributed by atoms with Crippen molar-refractivity contribution in [3.05, 3.63) is 54.6 Å². The van der Waals surface area contributed by atoms with Gasteiger partial charge in [0.05, 0.1) is 11.4 Å². The number of benzene rings is 2. The van der Waals surface area contributed by atoms with Gasteiger partial charge in [0.25, 0.3) is 0 Å². The Bertz CT molecular complexity index is 606. The first-order chi connectivity index (χ1) is 9.61. The predicted molar refractivity (Wildman–Crippen MR) is 77.6 cm³/mol. The first-order valence-corrected chi connectivity index (χ1v) is 7.39. The first-order valence-electron chi connectivity index (χ1n) is 5.89. The number of hydrogen-bond donors (Lipinski definition) is 3. The maximum Gasteiger partial charge on any atom is 0.549 e. The Morgan fingerprint density at radius 1 is 1.05 bits per heavy atom. The minimum Gasteiger partial charge on any atom is -0.401 e. The Morgan fingerprint density at radius 3 is 2.40 bits per heavy atom. The molecule has 20 heavy (non-hydrogen) atoms. The highest BCUT2D eigenvalue weighted by atomic mass is 31.2. The number of nitrogens with one attached hydrogen (secondary N) is 2. The van der Waals surface area contributed by atoms with E-state index >= 15 is 0 Å². The summed E-state index contributed by atoms with van der Waals surface area (Å²) in [7, 11) is -2.58. The van der Waals surface area contributed by atoms with Gasteiger partial charge in [0.2, 0.25) is 0 Å². The third-order valence-electron chi connectivity index (χ3n) is 2.42. The lowest BCUT2D eigenvalue weighted by Gasteiger charge is -2.15. The molecule has 1 unspecified atom stereocenters. The van der Waals surface area contributed by atoms with E-state index in [9.17, 15) is 9.46 Å². The average Bonchev–Trinajstić information content (AvgIpc) is 2.47. The quantitative estimate of drug-likeness (QED) is 0.560. The fraction of sp³-hybridized carbons (Fsp3) is 0.0769. The van der Waals surface area contributed by atoms with Crippen molar-refractivity contribution in [2.24, 2.45) is 0 Å². The summed E-state index contributed by atoms with van der Waals surface area (Å²) in [5.74, 6) is 0.232. The molecule has 0 saturated carbocycles. The molecule has 0 fully saturated rings. The van der Waals surface area contributed by atoms with Gasteiger partial charge in [-0.25, -0.2) is 4.57 Å². The van der Waals surface area contributed by atoms with Crippen molar-refractivity contribution in [1.82, 2.24) is 0 Å². The molecule has 0 spiro atoms. The molecule has 0 amide bonds. The average molecular weight is 294 g/mol. The summed E-state index contributed by atoms with van der Waals surface area (Å²) in [6.07, 6.45) is 0. The van der Waals surface area contributed by atoms with E-state index in [0.29, 0.717) is 11.4 Å². The van der Waals surface area contributed by atoms with Crippen molar-refractivity contribution in [2.75, 3.05) is 17.8 Å². The molecule has 0 aliphatic heterocycles. The van der Waals surface area contributed by atoms with Gasteiger partial charge in [0, 0.05) is 7.05 Å². The van der Waals surface area contributed by atoms with Crippen LogP contribution in [-0.2, 0) is 9.19 Å². The molecule has 0 saturated heterocycles. The van der Waals surface area contributed by atoms with Gasteiger partial charge in [0.1, 0.15) is 0 Å². The van der Waals surface area contributed by atoms with E-state index in [4.69, 9.17) is 9.15 Å². The van der Waals surface area contributed by atoms with Crippen molar-refractivity contribution in [2.45, 2.75) is 0 Å². The molecule has 0 aliphatic carbocycles. The summed E-state index contributed by atoms with van der Waals surface area (Å²) in [6.45, 7) is 0. The highest BCUT2D eigenvalue weighted by Gasteiger charge is 2.25. The SMILES string of the molecule is CNc1ccccc1OP(=O)(O)ONc1ccccc1. The lowest BCUT2D eigenvalue weighted by molar-refractivity contribution is 0.240. The summed E-state index contributed by atoms with van der Waals surface area (Å²) in [6, 6.07) is 15.5. The van der Waals surface area contributed by atoms with Crippen molar-refractivity contribution < 1.29 is 18.6 Å². The van der Waals surface area contributed by atoms with Crippen LogP contribution in [0, 0.1) is 0 Å². The van der Waals surface area contributed by atoms with E-state index in [0.717, 1.165) is 0 Å². The van der Waals surface area contributed by atoms with Gasteiger partial charge >= 0.3 is 7.82 Å². The van der Waals surface area contributed by atoms with E-state index < -0.39 is 7.82 Å². The van der Waals surface area contributed by atoms with Crippen LogP contribution in [0.5, 0.6) is 5.75 Å². The van der Waals surface area contributed by atoms with Crippen LogP contribution in [0.2, 0.25) is 0 Å². The van der Waals surface area contributed by atoms with E-state index in [1.807, 2.05) is 6.07 Å². The van der Waals surface area contributed by atoms with E-state index in [-0.39, 0.29) is 5.75 Å². The molecule has 0 heterocycles. The zero-order valence-corrected chi connectivity index (χ0v) is 11.7. The largest absolute Gasteiger partial charge is 0.549 e. The van der Waals surface area contributed by atoms with Gasteiger partial charge in [-0.3, -0.25) is 10.4 Å². The summed E-state index contributed by atoms with van der Waals surface area (Å²) < 4.78 is 21.6. The molecular weight excluding hydrogens is 279 g/mol. The number of para-hydroxylation sites is 3. The Morgan fingerprint density at radius 2 is 1.70 bits per heavy atom. The second-order valence-corrected chi connectivity index (χ2v) is 5.17. The fourth-order valence-electron chi connectivity index (χ4n) is 1.51. The van der Waals surface area contributed by atoms with Crippen LogP contribution in [0.15, 0.2) is 54.6 Å². The first kappa shape index (κ1) is 14.4. The molecular formula is C13H15N2O4P. The Hall–Kier alpha value is -2.01. The zero-order chi connectivity index (χ0) is 14.4. The smallest absolute Gasteiger partial charge is 0.401 e. The third kappa shape index (κ3) is 3.99. The van der Waals surface area contributed by atoms with Gasteiger partial charge in [-0.15, -0.1) is 0 Å². The van der Waals surface area contributed by atoms with Crippen LogP contribution in [0.1, 0.15) is 0 Å². The molecule has 2 rings (SSSR count). The summed E-state index contributed by atoms with van der Waals surface area (Å²) >= 11 is 0. The molecule has 3 N–H and O–H groups in total. The second-order valence-electron chi connectivity index (χ2n) is 3.87. The van der Waals surface area contributed by atoms with Crippen molar-refractivity contribution in [3.63, 3.8) is 0 Å². The molecule has 1 atom stereocenters. The molecule has 6 nitrogen and oxygen atoms in total. The number of phosphoric acid groups is 1. The van der Waals surface area contributed by atoms with Crippen LogP contribution < -0.4 is 15.3 Å². The standard InChI is InChI=1S/C13H15N2O4P/c1-14-12-9-5-6-10-13(12)18-20(16,17)19-15-11-7-3-2-4-8-11/h2-10,14-15H,1H3,(H,16,17). The van der Waals surface area contributed by atoms with Crippen LogP contribution in [0.3, 0.4) is 0 Å². The van der Waals surface area contributed by atoms with Crippen molar-refractivity contribution in [3.8, 4) is 5.75 Å². The fourth-order valence-corrected chi connectivity index (χ4v) is 2.18. The number of hydrogen-bond acceptors (Lipinski definition) is 5. The van der Waals surface area contributed by atoms with Crippen LogP contribution in [-0.4, -0.2) is 11.9 Å². The van der Waals surface area contributed by atoms with E-state index in [1.165, 1.54) is 0 Å². The molecule has 2 aromatic rings. The monoisotopic (exact) mass is 294 g/mol.